The molecule has 0 aromatic heterocycles. The third-order valence-electron chi connectivity index (χ3n) is 1.57. The van der Waals surface area contributed by atoms with Crippen LogP contribution in [0.4, 0.5) is 0 Å². The van der Waals surface area contributed by atoms with Gasteiger partial charge in [-0.05, 0) is 17.7 Å². The number of aromatic hydroxyl groups is 2. The third kappa shape index (κ3) is 2.09. The Bertz CT molecular complexity index is 318. The fraction of sp³-hybridized carbons (Fsp3) is 0.125. The largest absolute Gasteiger partial charge is 0.508 e. The van der Waals surface area contributed by atoms with Crippen LogP contribution in [-0.2, 0) is 4.79 Å². The number of amides is 1. The Morgan fingerprint density at radius 2 is 1.77 bits per heavy atom. The van der Waals surface area contributed by atoms with Gasteiger partial charge < -0.3 is 15.9 Å². The molecule has 1 unspecified atom stereocenters. The predicted molar refractivity (Wildman–Crippen MR) is 44.8 cm³/mol. The molecular formula is C8H9N2O3. The highest BCUT2D eigenvalue weighted by atomic mass is 16.3. The summed E-state index contributed by atoms with van der Waals surface area (Å²) in [6.07, 6.45) is 0. The monoisotopic (exact) mass is 181 g/mol. The number of phenols is 2. The molecule has 5 nitrogen and oxygen atoms in total. The number of hydrogen-bond acceptors (Lipinski definition) is 4. The molecule has 0 saturated carbocycles. The number of nitrogens with one attached hydrogen (secondary N) is 1. The highest BCUT2D eigenvalue weighted by molar-refractivity contribution is 5.80. The van der Waals surface area contributed by atoms with E-state index in [-0.39, 0.29) is 17.1 Å². The minimum absolute atomic E-state index is 0.188. The topological polar surface area (TPSA) is 107 Å². The van der Waals surface area contributed by atoms with Crippen LogP contribution in [0.2, 0.25) is 0 Å². The van der Waals surface area contributed by atoms with E-state index in [0.717, 1.165) is 6.07 Å². The molecule has 1 amide bonds. The molecule has 1 radical (unpaired) electrons. The van der Waals surface area contributed by atoms with Crippen molar-refractivity contribution in [1.82, 2.24) is 5.73 Å². The molecule has 13 heavy (non-hydrogen) atoms. The zero-order valence-corrected chi connectivity index (χ0v) is 6.69. The minimum Gasteiger partial charge on any atom is -0.508 e. The number of carbonyl (C=O) groups excluding carboxylic acids is 1. The van der Waals surface area contributed by atoms with Crippen LogP contribution in [0.3, 0.4) is 0 Å². The maximum atomic E-state index is 10.5. The molecule has 0 aliphatic heterocycles. The first-order valence-electron chi connectivity index (χ1n) is 3.54. The zero-order chi connectivity index (χ0) is 10.0. The van der Waals surface area contributed by atoms with Crippen molar-refractivity contribution in [3.8, 4) is 11.5 Å². The van der Waals surface area contributed by atoms with E-state index in [1.165, 1.54) is 12.1 Å². The van der Waals surface area contributed by atoms with Crippen LogP contribution in [0.1, 0.15) is 11.6 Å². The molecule has 1 rings (SSSR count). The van der Waals surface area contributed by atoms with Crippen molar-refractivity contribution in [3.05, 3.63) is 23.8 Å². The van der Waals surface area contributed by atoms with Crippen LogP contribution >= 0.6 is 0 Å². The van der Waals surface area contributed by atoms with Crippen LogP contribution in [0.15, 0.2) is 18.2 Å². The number of rotatable bonds is 2. The van der Waals surface area contributed by atoms with Crippen molar-refractivity contribution in [2.75, 3.05) is 0 Å². The smallest absolute Gasteiger partial charge is 0.259 e. The van der Waals surface area contributed by atoms with E-state index in [1.807, 2.05) is 0 Å². The second-order valence-electron chi connectivity index (χ2n) is 2.62. The molecule has 0 aliphatic carbocycles. The highest BCUT2D eigenvalue weighted by Crippen LogP contribution is 2.23. The maximum Gasteiger partial charge on any atom is 0.259 e. The number of nitrogens with two attached hydrogens (primary N) is 1. The highest BCUT2D eigenvalue weighted by Gasteiger charge is 2.14. The van der Waals surface area contributed by atoms with Crippen molar-refractivity contribution >= 4 is 5.91 Å². The lowest BCUT2D eigenvalue weighted by molar-refractivity contribution is -0.120. The van der Waals surface area contributed by atoms with Crippen molar-refractivity contribution in [1.29, 1.82) is 0 Å². The van der Waals surface area contributed by atoms with E-state index in [9.17, 15) is 4.79 Å². The van der Waals surface area contributed by atoms with E-state index >= 15 is 0 Å². The lowest BCUT2D eigenvalue weighted by atomic mass is 10.1. The molecule has 1 atom stereocenters. The Labute approximate surface area is 74.6 Å². The van der Waals surface area contributed by atoms with Gasteiger partial charge in [-0.2, -0.15) is 0 Å². The van der Waals surface area contributed by atoms with Gasteiger partial charge in [0.25, 0.3) is 5.91 Å². The summed E-state index contributed by atoms with van der Waals surface area (Å²) in [5.41, 5.74) is 12.3. The lowest BCUT2D eigenvalue weighted by Gasteiger charge is -2.07. The average Bonchev–Trinajstić information content (AvgIpc) is 2.01. The average molecular weight is 181 g/mol. The normalized spacial score (nSPS) is 12.4. The summed E-state index contributed by atoms with van der Waals surface area (Å²) < 4.78 is 0. The Morgan fingerprint density at radius 1 is 1.31 bits per heavy atom. The minimum atomic E-state index is -1.13. The van der Waals surface area contributed by atoms with Crippen LogP contribution in [-0.4, -0.2) is 16.1 Å². The Morgan fingerprint density at radius 3 is 2.15 bits per heavy atom. The van der Waals surface area contributed by atoms with Gasteiger partial charge >= 0.3 is 0 Å². The number of hydrogen-bond donors (Lipinski definition) is 3. The summed E-state index contributed by atoms with van der Waals surface area (Å²) in [5, 5.41) is 18.1. The van der Waals surface area contributed by atoms with E-state index in [1.54, 1.807) is 0 Å². The summed E-state index contributed by atoms with van der Waals surface area (Å²) in [6.45, 7) is 0. The first-order chi connectivity index (χ1) is 6.00. The molecule has 1 aromatic carbocycles. The fourth-order valence-electron chi connectivity index (χ4n) is 0.949. The third-order valence-corrected chi connectivity index (χ3v) is 1.57. The quantitative estimate of drug-likeness (QED) is 0.592. The van der Waals surface area contributed by atoms with Crippen molar-refractivity contribution in [3.63, 3.8) is 0 Å². The number of carbonyl (C=O) groups is 1. The Balaban J connectivity index is 3.07. The molecule has 69 valence electrons. The lowest BCUT2D eigenvalue weighted by Crippen LogP contribution is -2.21. The van der Waals surface area contributed by atoms with Gasteiger partial charge in [0.1, 0.15) is 17.5 Å². The first kappa shape index (κ1) is 9.34. The summed E-state index contributed by atoms with van der Waals surface area (Å²) >= 11 is 0. The number of benzene rings is 1. The standard InChI is InChI=1S/C8H9N2O3/c9-7(8(10)13)4-1-5(11)3-6(12)2-4/h1-3,7,10-12H,9H2. The predicted octanol–water partition coefficient (Wildman–Crippen LogP) is -0.0929. The van der Waals surface area contributed by atoms with Crippen LogP contribution in [0.25, 0.3) is 0 Å². The maximum absolute atomic E-state index is 10.5. The van der Waals surface area contributed by atoms with Gasteiger partial charge in [0.05, 0.1) is 0 Å². The van der Waals surface area contributed by atoms with Gasteiger partial charge in [0, 0.05) is 6.07 Å². The van der Waals surface area contributed by atoms with Crippen molar-refractivity contribution in [2.45, 2.75) is 6.04 Å². The van der Waals surface area contributed by atoms with E-state index in [2.05, 4.69) is 0 Å². The first-order valence-corrected chi connectivity index (χ1v) is 3.54. The molecule has 1 aromatic rings. The Kier molecular flexibility index (Phi) is 2.39. The second kappa shape index (κ2) is 3.32. The Hall–Kier alpha value is -1.75. The van der Waals surface area contributed by atoms with Crippen molar-refractivity contribution in [2.24, 2.45) is 5.73 Å². The fourth-order valence-corrected chi connectivity index (χ4v) is 0.949. The summed E-state index contributed by atoms with van der Waals surface area (Å²) in [5.74, 6) is -1.34. The molecule has 0 aliphatic rings. The second-order valence-corrected chi connectivity index (χ2v) is 2.62. The molecule has 0 fully saturated rings. The molecule has 0 bridgehead atoms. The van der Waals surface area contributed by atoms with Gasteiger partial charge in [0.2, 0.25) is 0 Å². The van der Waals surface area contributed by atoms with Gasteiger partial charge in [-0.3, -0.25) is 10.5 Å². The molecule has 0 heterocycles. The van der Waals surface area contributed by atoms with Gasteiger partial charge in [-0.25, -0.2) is 0 Å². The van der Waals surface area contributed by atoms with Gasteiger partial charge in [-0.15, -0.1) is 0 Å². The van der Waals surface area contributed by atoms with Crippen molar-refractivity contribution < 1.29 is 15.0 Å². The van der Waals surface area contributed by atoms with Crippen LogP contribution in [0.5, 0.6) is 11.5 Å². The van der Waals surface area contributed by atoms with Crippen LogP contribution < -0.4 is 11.5 Å². The summed E-state index contributed by atoms with van der Waals surface area (Å²) in [4.78, 5) is 10.5. The molecule has 0 saturated heterocycles. The van der Waals surface area contributed by atoms with E-state index in [0.29, 0.717) is 0 Å². The molecule has 5 heteroatoms. The summed E-state index contributed by atoms with van der Waals surface area (Å²) in [7, 11) is 0. The van der Waals surface area contributed by atoms with Gasteiger partial charge in [0.15, 0.2) is 0 Å². The van der Waals surface area contributed by atoms with Gasteiger partial charge in [-0.1, -0.05) is 0 Å². The zero-order valence-electron chi connectivity index (χ0n) is 6.69. The molecule has 0 spiro atoms. The summed E-state index contributed by atoms with van der Waals surface area (Å²) in [6, 6.07) is 2.45. The SMILES string of the molecule is [NH]C(=O)C(N)c1cc(O)cc(O)c1. The number of phenolic OH excluding ortho intramolecular Hbond substituents is 2. The van der Waals surface area contributed by atoms with Crippen LogP contribution in [0, 0.1) is 0 Å². The molecule has 5 N–H and O–H groups in total. The van der Waals surface area contributed by atoms with E-state index in [4.69, 9.17) is 21.7 Å². The van der Waals surface area contributed by atoms with E-state index < -0.39 is 11.9 Å². The molecular weight excluding hydrogens is 172 g/mol.